The Labute approximate surface area is 220 Å². The van der Waals surface area contributed by atoms with Gasteiger partial charge in [-0.1, -0.05) is 43.3 Å². The Bertz CT molecular complexity index is 1800. The summed E-state index contributed by atoms with van der Waals surface area (Å²) in [5.41, 5.74) is 3.50. The third-order valence-corrected chi connectivity index (χ3v) is 9.43. The second-order valence-corrected chi connectivity index (χ2v) is 12.1. The van der Waals surface area contributed by atoms with Gasteiger partial charge in [0.05, 0.1) is 22.2 Å². The molecule has 1 aliphatic rings. The number of aromatic nitrogens is 4. The predicted molar refractivity (Wildman–Crippen MR) is 148 cm³/mol. The minimum absolute atomic E-state index is 0.0139. The molecular formula is C29H30N4O4S. The Morgan fingerprint density at radius 2 is 1.84 bits per heavy atom. The van der Waals surface area contributed by atoms with E-state index in [0.29, 0.717) is 30.1 Å². The van der Waals surface area contributed by atoms with Gasteiger partial charge in [-0.05, 0) is 42.5 Å². The lowest BCUT2D eigenvalue weighted by molar-refractivity contribution is 0.0549. The van der Waals surface area contributed by atoms with Gasteiger partial charge in [0.25, 0.3) is 5.56 Å². The van der Waals surface area contributed by atoms with Crippen LogP contribution in [0, 0.1) is 5.92 Å². The summed E-state index contributed by atoms with van der Waals surface area (Å²) in [5, 5.41) is 0.770. The van der Waals surface area contributed by atoms with Gasteiger partial charge in [-0.2, -0.15) is 0 Å². The maximum atomic E-state index is 13.2. The van der Waals surface area contributed by atoms with Crippen LogP contribution in [0.4, 0.5) is 0 Å². The molecule has 0 radical (unpaired) electrons. The van der Waals surface area contributed by atoms with Crippen molar-refractivity contribution in [1.82, 2.24) is 19.1 Å². The molecule has 0 bridgehead atoms. The van der Waals surface area contributed by atoms with Crippen molar-refractivity contribution < 1.29 is 13.2 Å². The molecule has 1 aliphatic heterocycles. The molecule has 4 heterocycles. The summed E-state index contributed by atoms with van der Waals surface area (Å²) < 4.78 is 36.0. The van der Waals surface area contributed by atoms with E-state index in [1.54, 1.807) is 25.3 Å². The molecule has 0 spiro atoms. The second kappa shape index (κ2) is 9.56. The molecule has 1 fully saturated rings. The van der Waals surface area contributed by atoms with E-state index in [1.807, 2.05) is 48.1 Å². The zero-order chi connectivity index (χ0) is 26.4. The standard InChI is InChI=1S/C29H30N4O4S/c1-3-38(35,36)24-11-7-10-23-25(24)31-28(22-18-32(2)27-21(22)12-15-30-29(27)34)33(23)26(19-8-5-4-6-9-19)20-13-16-37-17-14-20/h4-12,15,18,20,26H,3,13-14,16-17H2,1-2H3,(H,30,34)/t26-/m1/s1. The van der Waals surface area contributed by atoms with Gasteiger partial charge in [-0.15, -0.1) is 0 Å². The van der Waals surface area contributed by atoms with Crippen LogP contribution in [-0.4, -0.2) is 46.5 Å². The minimum atomic E-state index is -3.53. The van der Waals surface area contributed by atoms with E-state index in [4.69, 9.17) is 9.72 Å². The summed E-state index contributed by atoms with van der Waals surface area (Å²) >= 11 is 0. The number of benzene rings is 2. The number of aryl methyl sites for hydroxylation is 1. The van der Waals surface area contributed by atoms with Gasteiger partial charge < -0.3 is 18.9 Å². The van der Waals surface area contributed by atoms with Crippen molar-refractivity contribution in [2.45, 2.75) is 30.7 Å². The molecule has 1 atom stereocenters. The fourth-order valence-electron chi connectivity index (χ4n) is 5.83. The molecule has 196 valence electrons. The number of rotatable bonds is 6. The van der Waals surface area contributed by atoms with Crippen molar-refractivity contribution in [3.05, 3.63) is 82.9 Å². The molecule has 0 amide bonds. The van der Waals surface area contributed by atoms with Crippen LogP contribution in [0.1, 0.15) is 31.4 Å². The molecule has 2 aromatic carbocycles. The summed E-state index contributed by atoms with van der Waals surface area (Å²) in [5.74, 6) is 0.891. The lowest BCUT2D eigenvalue weighted by atomic mass is 9.86. The zero-order valence-electron chi connectivity index (χ0n) is 21.4. The first-order valence-electron chi connectivity index (χ1n) is 12.9. The molecule has 38 heavy (non-hydrogen) atoms. The van der Waals surface area contributed by atoms with E-state index in [2.05, 4.69) is 21.7 Å². The van der Waals surface area contributed by atoms with Crippen molar-refractivity contribution in [3.8, 4) is 11.4 Å². The first-order chi connectivity index (χ1) is 18.4. The monoisotopic (exact) mass is 530 g/mol. The van der Waals surface area contributed by atoms with Crippen molar-refractivity contribution in [2.75, 3.05) is 19.0 Å². The first kappa shape index (κ1) is 24.6. The SMILES string of the molecule is CCS(=O)(=O)c1cccc2c1nc(-c1cn(C)c3c(=O)[nH]ccc13)n2[C@H](c1ccccc1)C1CCOCC1. The zero-order valence-corrected chi connectivity index (χ0v) is 22.2. The van der Waals surface area contributed by atoms with Crippen LogP contribution in [0.15, 0.2) is 76.7 Å². The Morgan fingerprint density at radius 1 is 1.08 bits per heavy atom. The van der Waals surface area contributed by atoms with Gasteiger partial charge in [0, 0.05) is 43.6 Å². The third kappa shape index (κ3) is 3.97. The number of nitrogens with one attached hydrogen (secondary N) is 1. The van der Waals surface area contributed by atoms with Gasteiger partial charge >= 0.3 is 0 Å². The van der Waals surface area contributed by atoms with Gasteiger partial charge in [-0.3, -0.25) is 4.79 Å². The van der Waals surface area contributed by atoms with E-state index in [-0.39, 0.29) is 28.2 Å². The Hall–Kier alpha value is -3.69. The molecule has 1 N–H and O–H groups in total. The Morgan fingerprint density at radius 3 is 2.58 bits per heavy atom. The molecule has 6 rings (SSSR count). The molecule has 0 saturated carbocycles. The fourth-order valence-corrected chi connectivity index (χ4v) is 6.87. The van der Waals surface area contributed by atoms with E-state index in [0.717, 1.165) is 34.9 Å². The van der Waals surface area contributed by atoms with Crippen molar-refractivity contribution in [1.29, 1.82) is 0 Å². The number of aromatic amines is 1. The molecule has 0 aliphatic carbocycles. The van der Waals surface area contributed by atoms with Crippen LogP contribution in [0.25, 0.3) is 33.3 Å². The van der Waals surface area contributed by atoms with Crippen LogP contribution >= 0.6 is 0 Å². The number of fused-ring (bicyclic) bond motifs is 2. The van der Waals surface area contributed by atoms with Crippen LogP contribution in [0.2, 0.25) is 0 Å². The maximum absolute atomic E-state index is 13.2. The number of hydrogen-bond donors (Lipinski definition) is 1. The lowest BCUT2D eigenvalue weighted by Crippen LogP contribution is -2.27. The van der Waals surface area contributed by atoms with Crippen LogP contribution in [-0.2, 0) is 21.6 Å². The largest absolute Gasteiger partial charge is 0.381 e. The number of hydrogen-bond acceptors (Lipinski definition) is 5. The molecule has 1 saturated heterocycles. The summed E-state index contributed by atoms with van der Waals surface area (Å²) in [7, 11) is -1.68. The van der Waals surface area contributed by atoms with E-state index >= 15 is 0 Å². The Balaban J connectivity index is 1.73. The number of sulfone groups is 1. The average molecular weight is 531 g/mol. The third-order valence-electron chi connectivity index (χ3n) is 7.67. The highest BCUT2D eigenvalue weighted by molar-refractivity contribution is 7.91. The fraction of sp³-hybridized carbons (Fsp3) is 0.310. The van der Waals surface area contributed by atoms with Gasteiger partial charge in [0.1, 0.15) is 16.9 Å². The summed E-state index contributed by atoms with van der Waals surface area (Å²) in [6.07, 6.45) is 5.31. The summed E-state index contributed by atoms with van der Waals surface area (Å²) in [6, 6.07) is 17.5. The topological polar surface area (TPSA) is 99.0 Å². The van der Waals surface area contributed by atoms with Crippen molar-refractivity contribution in [2.24, 2.45) is 13.0 Å². The van der Waals surface area contributed by atoms with Crippen molar-refractivity contribution in [3.63, 3.8) is 0 Å². The highest BCUT2D eigenvalue weighted by Gasteiger charge is 2.33. The summed E-state index contributed by atoms with van der Waals surface area (Å²) in [6.45, 7) is 3.00. The molecule has 3 aromatic heterocycles. The van der Waals surface area contributed by atoms with E-state index < -0.39 is 9.84 Å². The Kier molecular flexibility index (Phi) is 6.20. The maximum Gasteiger partial charge on any atom is 0.272 e. The average Bonchev–Trinajstić information content (AvgIpc) is 3.48. The molecule has 5 aromatic rings. The number of nitrogens with zero attached hydrogens (tertiary/aromatic N) is 3. The van der Waals surface area contributed by atoms with Gasteiger partial charge in [0.2, 0.25) is 0 Å². The van der Waals surface area contributed by atoms with E-state index in [9.17, 15) is 13.2 Å². The van der Waals surface area contributed by atoms with E-state index in [1.165, 1.54) is 0 Å². The molecule has 8 nitrogen and oxygen atoms in total. The van der Waals surface area contributed by atoms with Crippen LogP contribution < -0.4 is 5.56 Å². The van der Waals surface area contributed by atoms with Gasteiger partial charge in [-0.25, -0.2) is 13.4 Å². The van der Waals surface area contributed by atoms with Crippen molar-refractivity contribution >= 4 is 31.8 Å². The van der Waals surface area contributed by atoms with Crippen LogP contribution in [0.3, 0.4) is 0 Å². The normalized spacial score (nSPS) is 15.8. The molecule has 9 heteroatoms. The van der Waals surface area contributed by atoms with Crippen LogP contribution in [0.5, 0.6) is 0 Å². The number of para-hydroxylation sites is 1. The smallest absolute Gasteiger partial charge is 0.272 e. The quantitative estimate of drug-likeness (QED) is 0.343. The highest BCUT2D eigenvalue weighted by atomic mass is 32.2. The molecular weight excluding hydrogens is 500 g/mol. The second-order valence-electron chi connectivity index (χ2n) is 9.86. The highest BCUT2D eigenvalue weighted by Crippen LogP contribution is 2.42. The van der Waals surface area contributed by atoms with Gasteiger partial charge in [0.15, 0.2) is 9.84 Å². The number of H-pyrrole nitrogens is 1. The number of imidazole rings is 1. The molecule has 0 unspecified atom stereocenters. The predicted octanol–water partition coefficient (Wildman–Crippen LogP) is 4.69. The minimum Gasteiger partial charge on any atom is -0.381 e. The first-order valence-corrected chi connectivity index (χ1v) is 14.6. The number of pyridine rings is 1. The lowest BCUT2D eigenvalue weighted by Gasteiger charge is -2.33. The summed E-state index contributed by atoms with van der Waals surface area (Å²) in [4.78, 5) is 20.8. The number of ether oxygens (including phenoxy) is 1.